The van der Waals surface area contributed by atoms with E-state index in [0.717, 1.165) is 5.56 Å². The molecule has 2 amide bonds. The molecule has 0 bridgehead atoms. The predicted octanol–water partition coefficient (Wildman–Crippen LogP) is 1.35. The van der Waals surface area contributed by atoms with Crippen LogP contribution in [0, 0.1) is 11.3 Å². The molecule has 1 aromatic rings. The molecule has 0 fully saturated rings. The van der Waals surface area contributed by atoms with E-state index in [1.807, 2.05) is 30.3 Å². The second-order valence-electron chi connectivity index (χ2n) is 3.38. The Bertz CT molecular complexity index is 420. The molecular formula is C12H12N2O2. The lowest BCUT2D eigenvalue weighted by molar-refractivity contribution is -0.130. The van der Waals surface area contributed by atoms with Gasteiger partial charge in [-0.3, -0.25) is 14.9 Å². The van der Waals surface area contributed by atoms with Gasteiger partial charge in [-0.05, 0) is 12.5 Å². The van der Waals surface area contributed by atoms with Gasteiger partial charge >= 0.3 is 0 Å². The van der Waals surface area contributed by atoms with Crippen LogP contribution in [0.1, 0.15) is 24.8 Å². The average Bonchev–Trinajstić information content (AvgIpc) is 2.29. The van der Waals surface area contributed by atoms with Gasteiger partial charge in [-0.1, -0.05) is 30.3 Å². The molecule has 16 heavy (non-hydrogen) atoms. The van der Waals surface area contributed by atoms with Crippen LogP contribution in [0.2, 0.25) is 0 Å². The van der Waals surface area contributed by atoms with Crippen LogP contribution in [0.5, 0.6) is 0 Å². The number of amides is 2. The maximum absolute atomic E-state index is 11.6. The summed E-state index contributed by atoms with van der Waals surface area (Å²) >= 11 is 0. The lowest BCUT2D eigenvalue weighted by atomic mass is 10.0. The zero-order valence-electron chi connectivity index (χ0n) is 8.93. The monoisotopic (exact) mass is 216 g/mol. The van der Waals surface area contributed by atoms with E-state index in [0.29, 0.717) is 0 Å². The first-order chi connectivity index (χ1) is 7.65. The highest BCUT2D eigenvalue weighted by Crippen LogP contribution is 2.14. The Morgan fingerprint density at radius 1 is 1.38 bits per heavy atom. The molecule has 0 saturated carbocycles. The summed E-state index contributed by atoms with van der Waals surface area (Å²) in [6, 6.07) is 10.8. The van der Waals surface area contributed by atoms with Gasteiger partial charge in [-0.15, -0.1) is 0 Å². The van der Waals surface area contributed by atoms with Gasteiger partial charge in [0.1, 0.15) is 6.42 Å². The number of imide groups is 1. The van der Waals surface area contributed by atoms with Crippen molar-refractivity contribution in [2.75, 3.05) is 0 Å². The van der Waals surface area contributed by atoms with Crippen LogP contribution in [0.15, 0.2) is 30.3 Å². The number of carbonyl (C=O) groups is 2. The van der Waals surface area contributed by atoms with Gasteiger partial charge < -0.3 is 0 Å². The second-order valence-corrected chi connectivity index (χ2v) is 3.38. The van der Waals surface area contributed by atoms with E-state index in [-0.39, 0.29) is 12.3 Å². The Balaban J connectivity index is 2.62. The third kappa shape index (κ3) is 3.21. The Hall–Kier alpha value is -2.15. The van der Waals surface area contributed by atoms with E-state index in [4.69, 9.17) is 5.26 Å². The summed E-state index contributed by atoms with van der Waals surface area (Å²) in [5, 5.41) is 10.5. The molecule has 0 spiro atoms. The average molecular weight is 216 g/mol. The van der Waals surface area contributed by atoms with Crippen molar-refractivity contribution < 1.29 is 9.59 Å². The summed E-state index contributed by atoms with van der Waals surface area (Å²) in [5.41, 5.74) is 0.838. The first-order valence-corrected chi connectivity index (χ1v) is 4.90. The number of nitrogens with one attached hydrogen (secondary N) is 1. The Labute approximate surface area is 93.9 Å². The molecule has 1 atom stereocenters. The number of nitriles is 1. The highest BCUT2D eigenvalue weighted by atomic mass is 16.2. The Morgan fingerprint density at radius 3 is 2.56 bits per heavy atom. The van der Waals surface area contributed by atoms with Crippen molar-refractivity contribution in [3.05, 3.63) is 35.9 Å². The molecule has 4 heteroatoms. The maximum Gasteiger partial charge on any atom is 0.240 e. The minimum absolute atomic E-state index is 0.298. The minimum atomic E-state index is -0.560. The van der Waals surface area contributed by atoms with Crippen LogP contribution in [0.25, 0.3) is 0 Å². The third-order valence-corrected chi connectivity index (χ3v) is 2.20. The van der Waals surface area contributed by atoms with Crippen molar-refractivity contribution in [3.63, 3.8) is 0 Å². The van der Waals surface area contributed by atoms with Crippen LogP contribution in [0.3, 0.4) is 0 Å². The second kappa shape index (κ2) is 5.66. The number of carbonyl (C=O) groups excluding carboxylic acids is 2. The quantitative estimate of drug-likeness (QED) is 0.829. The van der Waals surface area contributed by atoms with Crippen LogP contribution in [0.4, 0.5) is 0 Å². The van der Waals surface area contributed by atoms with Gasteiger partial charge in [0.25, 0.3) is 0 Å². The molecule has 1 unspecified atom stereocenters. The topological polar surface area (TPSA) is 70.0 Å². The SMILES string of the molecule is CC(C(=O)NC(=O)CC#N)c1ccccc1. The summed E-state index contributed by atoms with van der Waals surface area (Å²) in [6.45, 7) is 1.71. The zero-order valence-corrected chi connectivity index (χ0v) is 8.93. The highest BCUT2D eigenvalue weighted by molar-refractivity contribution is 5.98. The normalized spacial score (nSPS) is 11.2. The van der Waals surface area contributed by atoms with Crippen molar-refractivity contribution in [1.82, 2.24) is 5.32 Å². The maximum atomic E-state index is 11.6. The van der Waals surface area contributed by atoms with Gasteiger partial charge in [0, 0.05) is 0 Å². The van der Waals surface area contributed by atoms with Crippen molar-refractivity contribution >= 4 is 11.8 Å². The van der Waals surface area contributed by atoms with Crippen LogP contribution < -0.4 is 5.32 Å². The summed E-state index contributed by atoms with van der Waals surface area (Å²) in [6.07, 6.45) is -0.298. The van der Waals surface area contributed by atoms with Crippen LogP contribution in [-0.2, 0) is 9.59 Å². The molecule has 0 radical (unpaired) electrons. The first-order valence-electron chi connectivity index (χ1n) is 4.90. The Kier molecular flexibility index (Phi) is 4.22. The molecule has 1 rings (SSSR count). The number of benzene rings is 1. The molecular weight excluding hydrogens is 204 g/mol. The van der Waals surface area contributed by atoms with Crippen molar-refractivity contribution in [3.8, 4) is 6.07 Å². The summed E-state index contributed by atoms with van der Waals surface area (Å²) < 4.78 is 0. The number of hydrogen-bond acceptors (Lipinski definition) is 3. The lowest BCUT2D eigenvalue weighted by Gasteiger charge is -2.10. The fraction of sp³-hybridized carbons (Fsp3) is 0.250. The Morgan fingerprint density at radius 2 is 2.00 bits per heavy atom. The molecule has 1 N–H and O–H groups in total. The fourth-order valence-corrected chi connectivity index (χ4v) is 1.25. The fourth-order valence-electron chi connectivity index (χ4n) is 1.25. The molecule has 1 aromatic carbocycles. The van der Waals surface area contributed by atoms with Gasteiger partial charge in [0.2, 0.25) is 11.8 Å². The van der Waals surface area contributed by atoms with E-state index in [1.54, 1.807) is 13.0 Å². The van der Waals surface area contributed by atoms with Crippen molar-refractivity contribution in [1.29, 1.82) is 5.26 Å². The molecule has 0 saturated heterocycles. The summed E-state index contributed by atoms with van der Waals surface area (Å²) in [5.74, 6) is -1.34. The van der Waals surface area contributed by atoms with E-state index in [2.05, 4.69) is 5.32 Å². The first kappa shape index (κ1) is 11.9. The number of nitrogens with zero attached hydrogens (tertiary/aromatic N) is 1. The van der Waals surface area contributed by atoms with Crippen molar-refractivity contribution in [2.45, 2.75) is 19.3 Å². The minimum Gasteiger partial charge on any atom is -0.295 e. The predicted molar refractivity (Wildman–Crippen MR) is 58.2 cm³/mol. The van der Waals surface area contributed by atoms with E-state index >= 15 is 0 Å². The van der Waals surface area contributed by atoms with Gasteiger partial charge in [0.05, 0.1) is 12.0 Å². The van der Waals surface area contributed by atoms with E-state index < -0.39 is 11.8 Å². The molecule has 0 heterocycles. The van der Waals surface area contributed by atoms with Gasteiger partial charge in [-0.25, -0.2) is 0 Å². The highest BCUT2D eigenvalue weighted by Gasteiger charge is 2.16. The molecule has 0 aromatic heterocycles. The van der Waals surface area contributed by atoms with E-state index in [1.165, 1.54) is 0 Å². The van der Waals surface area contributed by atoms with Crippen molar-refractivity contribution in [2.24, 2.45) is 0 Å². The lowest BCUT2D eigenvalue weighted by Crippen LogP contribution is -2.33. The standard InChI is InChI=1S/C12H12N2O2/c1-9(10-5-3-2-4-6-10)12(16)14-11(15)7-8-13/h2-6,9H,7H2,1H3,(H,14,15,16). The number of hydrogen-bond donors (Lipinski definition) is 1. The van der Waals surface area contributed by atoms with E-state index in [9.17, 15) is 9.59 Å². The van der Waals surface area contributed by atoms with Crippen LogP contribution >= 0.6 is 0 Å². The zero-order chi connectivity index (χ0) is 12.0. The summed E-state index contributed by atoms with van der Waals surface area (Å²) in [4.78, 5) is 22.6. The number of rotatable bonds is 3. The largest absolute Gasteiger partial charge is 0.295 e. The molecule has 82 valence electrons. The molecule has 0 aliphatic heterocycles. The summed E-state index contributed by atoms with van der Waals surface area (Å²) in [7, 11) is 0. The molecule has 4 nitrogen and oxygen atoms in total. The smallest absolute Gasteiger partial charge is 0.240 e. The van der Waals surface area contributed by atoms with Crippen LogP contribution in [-0.4, -0.2) is 11.8 Å². The molecule has 0 aliphatic carbocycles. The van der Waals surface area contributed by atoms with Gasteiger partial charge in [-0.2, -0.15) is 5.26 Å². The third-order valence-electron chi connectivity index (χ3n) is 2.20. The van der Waals surface area contributed by atoms with Gasteiger partial charge in [0.15, 0.2) is 0 Å². The molecule has 0 aliphatic rings.